The number of H-pyrrole nitrogens is 1. The van der Waals surface area contributed by atoms with Crippen LogP contribution in [0.3, 0.4) is 0 Å². The molecule has 0 spiro atoms. The molecule has 7 heteroatoms. The molecule has 1 atom stereocenters. The summed E-state index contributed by atoms with van der Waals surface area (Å²) in [4.78, 5) is 14.0. The summed E-state index contributed by atoms with van der Waals surface area (Å²) in [5.74, 6) is -0.267. The second kappa shape index (κ2) is 7.39. The summed E-state index contributed by atoms with van der Waals surface area (Å²) >= 11 is 0. The van der Waals surface area contributed by atoms with E-state index >= 15 is 0 Å². The lowest BCUT2D eigenvalue weighted by Crippen LogP contribution is -2.41. The molecular formula is C16H18ClFN4O. The molecule has 1 amide bonds. The van der Waals surface area contributed by atoms with Crippen molar-refractivity contribution in [2.24, 2.45) is 0 Å². The van der Waals surface area contributed by atoms with Gasteiger partial charge in [-0.2, -0.15) is 5.10 Å². The first-order chi connectivity index (χ1) is 10.6. The second-order valence-corrected chi connectivity index (χ2v) is 5.29. The third-order valence-corrected chi connectivity index (χ3v) is 3.68. The molecule has 2 aromatic rings. The standard InChI is InChI=1S/C16H17FN4O.ClH/c1-21(16(22)14-3-2-8-18-14)10-12-9-19-20-15(12)11-4-6-13(17)7-5-11;/h2-7,9,14,18H,8,10H2,1H3,(H,19,20);1H. The number of amides is 1. The minimum Gasteiger partial charge on any atom is -0.340 e. The summed E-state index contributed by atoms with van der Waals surface area (Å²) in [7, 11) is 1.76. The lowest BCUT2D eigenvalue weighted by atomic mass is 10.1. The lowest BCUT2D eigenvalue weighted by Gasteiger charge is -2.20. The first-order valence-electron chi connectivity index (χ1n) is 7.08. The molecule has 2 N–H and O–H groups in total. The zero-order valence-corrected chi connectivity index (χ0v) is 13.4. The van der Waals surface area contributed by atoms with Crippen molar-refractivity contribution in [2.75, 3.05) is 13.6 Å². The van der Waals surface area contributed by atoms with Crippen LogP contribution in [-0.2, 0) is 11.3 Å². The fourth-order valence-corrected chi connectivity index (χ4v) is 2.51. The molecule has 1 aromatic heterocycles. The van der Waals surface area contributed by atoms with E-state index in [9.17, 15) is 9.18 Å². The van der Waals surface area contributed by atoms with Gasteiger partial charge in [0.25, 0.3) is 0 Å². The summed E-state index contributed by atoms with van der Waals surface area (Å²) in [6.07, 6.45) is 5.51. The van der Waals surface area contributed by atoms with Crippen LogP contribution in [0.4, 0.5) is 4.39 Å². The van der Waals surface area contributed by atoms with Gasteiger partial charge in [-0.3, -0.25) is 15.2 Å². The molecule has 0 bridgehead atoms. The lowest BCUT2D eigenvalue weighted by molar-refractivity contribution is -0.131. The van der Waals surface area contributed by atoms with Gasteiger partial charge < -0.3 is 4.90 Å². The van der Waals surface area contributed by atoms with E-state index in [1.807, 2.05) is 12.2 Å². The number of aromatic amines is 1. The van der Waals surface area contributed by atoms with Crippen LogP contribution < -0.4 is 5.32 Å². The van der Waals surface area contributed by atoms with E-state index in [4.69, 9.17) is 0 Å². The molecule has 5 nitrogen and oxygen atoms in total. The van der Waals surface area contributed by atoms with Crippen molar-refractivity contribution >= 4 is 18.3 Å². The number of halogens is 2. The van der Waals surface area contributed by atoms with E-state index in [2.05, 4.69) is 15.5 Å². The summed E-state index contributed by atoms with van der Waals surface area (Å²) in [6, 6.07) is 5.93. The monoisotopic (exact) mass is 336 g/mol. The van der Waals surface area contributed by atoms with Gasteiger partial charge in [0, 0.05) is 31.3 Å². The number of hydrogen-bond acceptors (Lipinski definition) is 3. The van der Waals surface area contributed by atoms with Crippen molar-refractivity contribution < 1.29 is 9.18 Å². The molecule has 0 radical (unpaired) electrons. The van der Waals surface area contributed by atoms with E-state index in [1.54, 1.807) is 30.3 Å². The summed E-state index contributed by atoms with van der Waals surface area (Å²) < 4.78 is 13.0. The van der Waals surface area contributed by atoms with Gasteiger partial charge in [0.1, 0.15) is 11.9 Å². The van der Waals surface area contributed by atoms with Crippen molar-refractivity contribution in [3.8, 4) is 11.3 Å². The first kappa shape index (κ1) is 17.2. The van der Waals surface area contributed by atoms with E-state index in [1.165, 1.54) is 12.1 Å². The number of carbonyl (C=O) groups excluding carboxylic acids is 1. The maximum Gasteiger partial charge on any atom is 0.243 e. The van der Waals surface area contributed by atoms with Gasteiger partial charge >= 0.3 is 0 Å². The Kier molecular flexibility index (Phi) is 5.52. The summed E-state index contributed by atoms with van der Waals surface area (Å²) in [5, 5.41) is 10.1. The highest BCUT2D eigenvalue weighted by Gasteiger charge is 2.22. The largest absolute Gasteiger partial charge is 0.340 e. The van der Waals surface area contributed by atoms with E-state index < -0.39 is 0 Å². The number of nitrogens with zero attached hydrogens (tertiary/aromatic N) is 2. The van der Waals surface area contributed by atoms with Gasteiger partial charge in [-0.25, -0.2) is 4.39 Å². The first-order valence-corrected chi connectivity index (χ1v) is 7.08. The van der Waals surface area contributed by atoms with Crippen molar-refractivity contribution in [3.63, 3.8) is 0 Å². The number of aromatic nitrogens is 2. The number of nitrogens with one attached hydrogen (secondary N) is 2. The van der Waals surface area contributed by atoms with Crippen LogP contribution in [0, 0.1) is 5.82 Å². The topological polar surface area (TPSA) is 61.0 Å². The molecule has 0 fully saturated rings. The zero-order valence-electron chi connectivity index (χ0n) is 12.6. The minimum absolute atomic E-state index is 0. The fraction of sp³-hybridized carbons (Fsp3) is 0.250. The normalized spacial score (nSPS) is 16.2. The molecule has 0 aliphatic carbocycles. The number of hydrogen-bond donors (Lipinski definition) is 2. The molecule has 1 unspecified atom stereocenters. The maximum absolute atomic E-state index is 13.0. The quantitative estimate of drug-likeness (QED) is 0.841. The van der Waals surface area contributed by atoms with E-state index in [0.717, 1.165) is 23.4 Å². The molecular weight excluding hydrogens is 319 g/mol. The molecule has 2 heterocycles. The van der Waals surface area contributed by atoms with Crippen LogP contribution in [0.25, 0.3) is 11.3 Å². The smallest absolute Gasteiger partial charge is 0.243 e. The molecule has 23 heavy (non-hydrogen) atoms. The number of rotatable bonds is 4. The predicted octanol–water partition coefficient (Wildman–Crippen LogP) is 2.12. The average molecular weight is 337 g/mol. The van der Waals surface area contributed by atoms with Crippen molar-refractivity contribution in [2.45, 2.75) is 12.6 Å². The van der Waals surface area contributed by atoms with Gasteiger partial charge in [-0.1, -0.05) is 12.2 Å². The van der Waals surface area contributed by atoms with Crippen LogP contribution in [0.1, 0.15) is 5.56 Å². The molecule has 122 valence electrons. The molecule has 1 aromatic carbocycles. The Bertz CT molecular complexity index is 698. The Balaban J connectivity index is 0.00000192. The van der Waals surface area contributed by atoms with E-state index in [0.29, 0.717) is 6.54 Å². The van der Waals surface area contributed by atoms with Crippen LogP contribution in [0.15, 0.2) is 42.6 Å². The van der Waals surface area contributed by atoms with E-state index in [-0.39, 0.29) is 30.2 Å². The van der Waals surface area contributed by atoms with Crippen LogP contribution in [0.5, 0.6) is 0 Å². The van der Waals surface area contributed by atoms with Gasteiger partial charge in [0.2, 0.25) is 5.91 Å². The molecule has 1 aliphatic rings. The van der Waals surface area contributed by atoms with Gasteiger partial charge in [0.15, 0.2) is 0 Å². The molecule has 0 saturated heterocycles. The minimum atomic E-state index is -0.281. The number of likely N-dealkylation sites (N-methyl/N-ethyl adjacent to an activating group) is 1. The molecule has 1 aliphatic heterocycles. The van der Waals surface area contributed by atoms with Crippen LogP contribution in [-0.4, -0.2) is 40.6 Å². The highest BCUT2D eigenvalue weighted by atomic mass is 35.5. The highest BCUT2D eigenvalue weighted by Crippen LogP contribution is 2.22. The van der Waals surface area contributed by atoms with Gasteiger partial charge in [-0.05, 0) is 24.3 Å². The second-order valence-electron chi connectivity index (χ2n) is 5.29. The Morgan fingerprint density at radius 2 is 2.13 bits per heavy atom. The van der Waals surface area contributed by atoms with Crippen molar-refractivity contribution in [3.05, 3.63) is 54.0 Å². The van der Waals surface area contributed by atoms with Gasteiger partial charge in [0.05, 0.1) is 11.9 Å². The average Bonchev–Trinajstić information content (AvgIpc) is 3.18. The van der Waals surface area contributed by atoms with Gasteiger partial charge in [-0.15, -0.1) is 12.4 Å². The van der Waals surface area contributed by atoms with Crippen molar-refractivity contribution in [1.29, 1.82) is 0 Å². The highest BCUT2D eigenvalue weighted by molar-refractivity contribution is 5.85. The number of carbonyl (C=O) groups is 1. The summed E-state index contributed by atoms with van der Waals surface area (Å²) in [6.45, 7) is 1.16. The third-order valence-electron chi connectivity index (χ3n) is 3.68. The summed E-state index contributed by atoms with van der Waals surface area (Å²) in [5.41, 5.74) is 2.53. The molecule has 3 rings (SSSR count). The van der Waals surface area contributed by atoms with Crippen LogP contribution >= 0.6 is 12.4 Å². The van der Waals surface area contributed by atoms with Crippen molar-refractivity contribution in [1.82, 2.24) is 20.4 Å². The fourth-order valence-electron chi connectivity index (χ4n) is 2.51. The Labute approximate surface area is 140 Å². The number of benzene rings is 1. The Morgan fingerprint density at radius 1 is 1.39 bits per heavy atom. The SMILES string of the molecule is CN(Cc1cn[nH]c1-c1ccc(F)cc1)C(=O)C1C=CCN1.Cl. The Hall–Kier alpha value is -2.18. The zero-order chi connectivity index (χ0) is 15.5. The third kappa shape index (κ3) is 3.78. The Morgan fingerprint density at radius 3 is 2.78 bits per heavy atom. The van der Waals surface area contributed by atoms with Crippen LogP contribution in [0.2, 0.25) is 0 Å². The molecule has 0 saturated carbocycles. The predicted molar refractivity (Wildman–Crippen MR) is 88.6 cm³/mol. The maximum atomic E-state index is 13.0.